The van der Waals surface area contributed by atoms with E-state index < -0.39 is 81.1 Å². The lowest BCUT2D eigenvalue weighted by atomic mass is 9.49. The number of ether oxygens (including phenoxy) is 3. The molecule has 1 saturated heterocycles. The highest BCUT2D eigenvalue weighted by atomic mass is 32.2. The Labute approximate surface area is 229 Å². The van der Waals surface area contributed by atoms with Crippen LogP contribution in [-0.4, -0.2) is 66.9 Å². The molecular weight excluding hydrogens is 556 g/mol. The zero-order valence-corrected chi connectivity index (χ0v) is 22.7. The number of esters is 3. The molecule has 1 heterocycles. The Morgan fingerprint density at radius 1 is 1.10 bits per heavy atom. The van der Waals surface area contributed by atoms with Crippen LogP contribution in [0.5, 0.6) is 0 Å². The standard InChI is InChI=1S/C26H33F2NO10S/c1-11(26(27,28)40(34,35)36)37-17(30)2-3-29-22(31)18-15-7-16-19(18)23(32)38-20(16)21(15)39-24(33)25-8-12-4-13(9-25)6-14(5-12)10-25/h11-16,18-21H,2-10H2,1H3,(H,29,31)(H,34,35,36). The van der Waals surface area contributed by atoms with Gasteiger partial charge < -0.3 is 19.5 Å². The normalized spacial score (nSPS) is 41.5. The van der Waals surface area contributed by atoms with Gasteiger partial charge in [-0.25, -0.2) is 0 Å². The van der Waals surface area contributed by atoms with E-state index >= 15 is 0 Å². The van der Waals surface area contributed by atoms with Crippen LogP contribution >= 0.6 is 0 Å². The number of hydrogen-bond donors (Lipinski definition) is 2. The summed E-state index contributed by atoms with van der Waals surface area (Å²) in [6, 6.07) is 0. The molecule has 1 amide bonds. The van der Waals surface area contributed by atoms with Gasteiger partial charge in [-0.1, -0.05) is 0 Å². The molecule has 1 aliphatic heterocycles. The van der Waals surface area contributed by atoms with Crippen LogP contribution in [0, 0.1) is 46.8 Å². The van der Waals surface area contributed by atoms with Gasteiger partial charge in [0.1, 0.15) is 12.2 Å². The lowest BCUT2D eigenvalue weighted by Gasteiger charge is -2.55. The largest absolute Gasteiger partial charge is 0.458 e. The average Bonchev–Trinajstić information content (AvgIpc) is 3.46. The van der Waals surface area contributed by atoms with Gasteiger partial charge in [-0.2, -0.15) is 17.2 Å². The molecule has 7 unspecified atom stereocenters. The Kier molecular flexibility index (Phi) is 6.49. The molecule has 11 nitrogen and oxygen atoms in total. The second kappa shape index (κ2) is 9.33. The lowest BCUT2D eigenvalue weighted by molar-refractivity contribution is -0.186. The van der Waals surface area contributed by atoms with E-state index in [4.69, 9.17) is 14.0 Å². The van der Waals surface area contributed by atoms with Gasteiger partial charge in [0.05, 0.1) is 23.7 Å². The molecule has 7 fully saturated rings. The van der Waals surface area contributed by atoms with E-state index in [0.29, 0.717) is 31.1 Å². The van der Waals surface area contributed by atoms with Crippen LogP contribution in [0.1, 0.15) is 58.3 Å². The highest BCUT2D eigenvalue weighted by molar-refractivity contribution is 7.86. The molecule has 0 aromatic heterocycles. The first-order chi connectivity index (χ1) is 18.7. The second-order valence-electron chi connectivity index (χ2n) is 12.8. The third kappa shape index (κ3) is 4.31. The van der Waals surface area contributed by atoms with Gasteiger partial charge in [0, 0.05) is 18.4 Å². The number of carbonyl (C=O) groups excluding carboxylic acids is 4. The van der Waals surface area contributed by atoms with Crippen molar-refractivity contribution in [1.29, 1.82) is 0 Å². The first-order valence-electron chi connectivity index (χ1n) is 13.9. The highest BCUT2D eigenvalue weighted by Gasteiger charge is 2.70. The maximum absolute atomic E-state index is 13.6. The summed E-state index contributed by atoms with van der Waals surface area (Å²) in [5.74, 6) is -3.11. The van der Waals surface area contributed by atoms with Gasteiger partial charge >= 0.3 is 33.3 Å². The van der Waals surface area contributed by atoms with Crippen LogP contribution in [-0.2, 0) is 43.5 Å². The molecule has 14 heteroatoms. The topological polar surface area (TPSA) is 162 Å². The van der Waals surface area contributed by atoms with Gasteiger partial charge in [0.15, 0.2) is 6.10 Å². The summed E-state index contributed by atoms with van der Waals surface area (Å²) < 4.78 is 73.6. The molecular formula is C26H33F2NO10S. The van der Waals surface area contributed by atoms with E-state index in [0.717, 1.165) is 19.3 Å². The predicted octanol–water partition coefficient (Wildman–Crippen LogP) is 1.84. The molecule has 7 rings (SSSR count). The molecule has 0 spiro atoms. The van der Waals surface area contributed by atoms with E-state index in [9.17, 15) is 36.4 Å². The fourth-order valence-electron chi connectivity index (χ4n) is 9.05. The monoisotopic (exact) mass is 589 g/mol. The fraction of sp³-hybridized carbons (Fsp3) is 0.846. The lowest BCUT2D eigenvalue weighted by Crippen LogP contribution is -2.53. The van der Waals surface area contributed by atoms with E-state index in [1.165, 1.54) is 19.3 Å². The van der Waals surface area contributed by atoms with Gasteiger partial charge in [-0.3, -0.25) is 23.7 Å². The maximum Gasteiger partial charge on any atom is 0.405 e. The molecule has 6 saturated carbocycles. The Bertz CT molecular complexity index is 1200. The number of alkyl halides is 2. The van der Waals surface area contributed by atoms with Crippen LogP contribution in [0.25, 0.3) is 0 Å². The molecule has 7 atom stereocenters. The third-order valence-corrected chi connectivity index (χ3v) is 11.3. The zero-order valence-electron chi connectivity index (χ0n) is 21.9. The van der Waals surface area contributed by atoms with Crippen molar-refractivity contribution in [3.8, 4) is 0 Å². The molecule has 2 N–H and O–H groups in total. The second-order valence-corrected chi connectivity index (χ2v) is 14.3. The number of halogens is 2. The van der Waals surface area contributed by atoms with Crippen molar-refractivity contribution >= 4 is 33.9 Å². The van der Waals surface area contributed by atoms with Crippen LogP contribution in [0.3, 0.4) is 0 Å². The first kappa shape index (κ1) is 27.8. The number of amides is 1. The molecule has 222 valence electrons. The average molecular weight is 590 g/mol. The van der Waals surface area contributed by atoms with Crippen LogP contribution in [0.2, 0.25) is 0 Å². The van der Waals surface area contributed by atoms with Crippen molar-refractivity contribution in [2.45, 2.75) is 81.9 Å². The minimum atomic E-state index is -5.79. The van der Waals surface area contributed by atoms with E-state index in [1.54, 1.807) is 0 Å². The van der Waals surface area contributed by atoms with Crippen molar-refractivity contribution in [2.75, 3.05) is 6.54 Å². The van der Waals surface area contributed by atoms with E-state index in [2.05, 4.69) is 10.1 Å². The van der Waals surface area contributed by atoms with E-state index in [-0.39, 0.29) is 18.4 Å². The fourth-order valence-corrected chi connectivity index (χ4v) is 9.52. The van der Waals surface area contributed by atoms with Crippen molar-refractivity contribution in [2.24, 2.45) is 46.8 Å². The van der Waals surface area contributed by atoms with Crippen molar-refractivity contribution in [3.05, 3.63) is 0 Å². The summed E-state index contributed by atoms with van der Waals surface area (Å²) in [4.78, 5) is 51.4. The highest BCUT2D eigenvalue weighted by Crippen LogP contribution is 2.62. The molecule has 6 aliphatic carbocycles. The quantitative estimate of drug-likeness (QED) is 0.231. The minimum Gasteiger partial charge on any atom is -0.458 e. The summed E-state index contributed by atoms with van der Waals surface area (Å²) >= 11 is 0. The number of carbonyl (C=O) groups is 4. The molecule has 7 aliphatic rings. The maximum atomic E-state index is 13.6. The Morgan fingerprint density at radius 3 is 2.27 bits per heavy atom. The van der Waals surface area contributed by atoms with Gasteiger partial charge in [-0.05, 0) is 69.6 Å². The molecule has 0 aromatic carbocycles. The van der Waals surface area contributed by atoms with Gasteiger partial charge in [-0.15, -0.1) is 0 Å². The minimum absolute atomic E-state index is 0.249. The van der Waals surface area contributed by atoms with Crippen LogP contribution < -0.4 is 5.32 Å². The van der Waals surface area contributed by atoms with Crippen LogP contribution in [0.15, 0.2) is 0 Å². The van der Waals surface area contributed by atoms with Crippen LogP contribution in [0.4, 0.5) is 8.78 Å². The summed E-state index contributed by atoms with van der Waals surface area (Å²) in [6.07, 6.45) is 2.14. The number of rotatable bonds is 9. The SMILES string of the molecule is CC(OC(=O)CCNC(=O)C1C2CC3C(OC(=O)C31)C2OC(=O)C12CC3CC(CC(C3)C1)C2)C(F)(F)S(=O)(=O)O. The van der Waals surface area contributed by atoms with Crippen molar-refractivity contribution in [3.63, 3.8) is 0 Å². The van der Waals surface area contributed by atoms with Gasteiger partial charge in [0.25, 0.3) is 0 Å². The molecule has 0 aromatic rings. The Morgan fingerprint density at radius 2 is 1.70 bits per heavy atom. The van der Waals surface area contributed by atoms with Crippen molar-refractivity contribution < 1.29 is 55.1 Å². The summed E-state index contributed by atoms with van der Waals surface area (Å²) in [7, 11) is -5.79. The smallest absolute Gasteiger partial charge is 0.405 e. The number of fused-ring (bicyclic) bond motifs is 1. The first-order valence-corrected chi connectivity index (χ1v) is 15.4. The number of nitrogens with one attached hydrogen (secondary N) is 1. The molecule has 40 heavy (non-hydrogen) atoms. The predicted molar refractivity (Wildman–Crippen MR) is 129 cm³/mol. The van der Waals surface area contributed by atoms with Gasteiger partial charge in [0.2, 0.25) is 5.91 Å². The summed E-state index contributed by atoms with van der Waals surface area (Å²) in [6.45, 7) is 0.297. The number of hydrogen-bond acceptors (Lipinski definition) is 9. The Hall–Kier alpha value is -2.35. The molecule has 6 bridgehead atoms. The zero-order chi connectivity index (χ0) is 28.8. The Balaban J connectivity index is 1.07. The van der Waals surface area contributed by atoms with E-state index in [1.807, 2.05) is 0 Å². The molecule has 0 radical (unpaired) electrons. The third-order valence-electron chi connectivity index (χ3n) is 10.3. The summed E-state index contributed by atoms with van der Waals surface area (Å²) in [5.41, 5.74) is -0.500. The summed E-state index contributed by atoms with van der Waals surface area (Å²) in [5, 5.41) is -2.17. The van der Waals surface area contributed by atoms with Crippen molar-refractivity contribution in [1.82, 2.24) is 5.32 Å².